The zero-order valence-electron chi connectivity index (χ0n) is 48.4. The number of carbonyl (C=O) groups is 3. The minimum atomic E-state index is -4.97. The lowest BCUT2D eigenvalue weighted by Crippen LogP contribution is -2.60. The van der Waals surface area contributed by atoms with E-state index in [2.05, 4.69) is 18.5 Å². The van der Waals surface area contributed by atoms with Crippen molar-refractivity contribution in [3.63, 3.8) is 0 Å². The number of methoxy groups -OCH3 is 2. The van der Waals surface area contributed by atoms with E-state index in [4.69, 9.17) is 46.8 Å². The highest BCUT2D eigenvalue weighted by Gasteiger charge is 2.45. The first-order valence-electron chi connectivity index (χ1n) is 27.8. The normalized spacial score (nSPS) is 21.7. The average molecular weight is 1200 g/mol. The van der Waals surface area contributed by atoms with Crippen LogP contribution in [0.4, 0.5) is 11.4 Å². The Balaban J connectivity index is 0.871. The molecule has 0 aliphatic carbocycles. The average Bonchev–Trinajstić information content (AvgIpc) is 2.06. The molecule has 3 fully saturated rings. The van der Waals surface area contributed by atoms with Crippen molar-refractivity contribution in [2.45, 2.75) is 102 Å². The fourth-order valence-electron chi connectivity index (χ4n) is 11.0. The fourth-order valence-corrected chi connectivity index (χ4v) is 11.7. The minimum absolute atomic E-state index is 0.0199. The molecule has 0 spiro atoms. The second-order valence-corrected chi connectivity index (χ2v) is 24.0. The zero-order chi connectivity index (χ0) is 61.4. The fraction of sp³-hybridized carbons (Fsp3) is 0.371. The molecule has 10 rings (SSSR count). The molecule has 0 radical (unpaired) electrons. The van der Waals surface area contributed by atoms with E-state index in [0.717, 1.165) is 39.5 Å². The van der Waals surface area contributed by atoms with Gasteiger partial charge in [-0.3, -0.25) is 24.4 Å². The molecule has 7 atom stereocenters. The molecule has 0 bridgehead atoms. The molecule has 5 N–H and O–H groups in total. The Morgan fingerprint density at radius 2 is 1.22 bits per heavy atom. The van der Waals surface area contributed by atoms with E-state index in [1.54, 1.807) is 72.5 Å². The van der Waals surface area contributed by atoms with Crippen LogP contribution in [-0.2, 0) is 41.4 Å². The first-order chi connectivity index (χ1) is 41.0. The van der Waals surface area contributed by atoms with Crippen molar-refractivity contribution in [3.8, 4) is 40.2 Å². The molecule has 454 valence electrons. The number of ether oxygens (including phenoxy) is 6. The van der Waals surface area contributed by atoms with Gasteiger partial charge in [0.2, 0.25) is 6.29 Å². The number of aliphatic hydroxyl groups is 4. The van der Waals surface area contributed by atoms with Gasteiger partial charge in [-0.15, -0.1) is 8.42 Å². The Kier molecular flexibility index (Phi) is 17.6. The second-order valence-electron chi connectivity index (χ2n) is 22.8. The third kappa shape index (κ3) is 13.5. The molecule has 86 heavy (non-hydrogen) atoms. The summed E-state index contributed by atoms with van der Waals surface area (Å²) in [6.07, 6.45) is -3.57. The molecule has 3 saturated heterocycles. The summed E-state index contributed by atoms with van der Waals surface area (Å²) in [6, 6.07) is 22.0. The van der Waals surface area contributed by atoms with Gasteiger partial charge in [-0.25, -0.2) is 0 Å². The van der Waals surface area contributed by atoms with Gasteiger partial charge in [-0.05, 0) is 111 Å². The second kappa shape index (κ2) is 24.9. The van der Waals surface area contributed by atoms with E-state index < -0.39 is 59.4 Å². The van der Waals surface area contributed by atoms with Gasteiger partial charge in [0.05, 0.1) is 69.5 Å². The number of quaternary nitrogens is 1. The first-order valence-corrected chi connectivity index (χ1v) is 29.1. The van der Waals surface area contributed by atoms with Crippen molar-refractivity contribution in [2.75, 3.05) is 48.0 Å². The maximum Gasteiger partial charge on any atom is 0.501 e. The summed E-state index contributed by atoms with van der Waals surface area (Å²) < 4.78 is 74.1. The number of amides is 3. The van der Waals surface area contributed by atoms with E-state index in [9.17, 15) is 43.2 Å². The maximum atomic E-state index is 13.7. The number of hydrogen-bond donors (Lipinski definition) is 5. The number of rotatable bonds is 21. The molecule has 24 heteroatoms. The number of nitrogens with one attached hydrogen (secondary N) is 1. The number of nitrogens with zero attached hydrogens (tertiary/aromatic N) is 5. The van der Waals surface area contributed by atoms with Crippen LogP contribution in [0.15, 0.2) is 119 Å². The van der Waals surface area contributed by atoms with Crippen LogP contribution in [0.1, 0.15) is 80.0 Å². The van der Waals surface area contributed by atoms with Gasteiger partial charge in [0.25, 0.3) is 17.7 Å². The highest BCUT2D eigenvalue weighted by atomic mass is 32.3. The number of hydrogen-bond acceptors (Lipinski definition) is 19. The standard InChI is InChI=1S/C62H68N6O17S/c1-34(2)65-59(73)41-11-14-49(82-62-58(72)57(71)56(70)55(31-69)83-62)54(20-41)85-86(76,77)84-44-12-9-37(10-13-44)29-68(5,6)30-38-17-39(32-80-52-23-47-45(21-50(52)78-7)60(74)66-27-35(3)15-42(66)25-63-47)19-40(18-38)33-81-53-24-48-46(22-51(53)79-8)61(75)67-28-36(4)16-43(67)26-64-48/h9-14,17-26,34,42-43,55-58,62,69-72H,3-4,15-16,27-33H2,1-2,5-8H3/p+1/t42-,43-,55+,56-,57-,58+,62?/m0/s1. The number of aliphatic imine (C=N–C) groups is 2. The summed E-state index contributed by atoms with van der Waals surface area (Å²) in [5.41, 5.74) is 6.89. The van der Waals surface area contributed by atoms with Crippen molar-refractivity contribution in [2.24, 2.45) is 9.98 Å². The lowest BCUT2D eigenvalue weighted by atomic mass is 9.99. The van der Waals surface area contributed by atoms with Crippen molar-refractivity contribution < 1.29 is 84.5 Å². The van der Waals surface area contributed by atoms with Crippen molar-refractivity contribution in [3.05, 3.63) is 148 Å². The summed E-state index contributed by atoms with van der Waals surface area (Å²) in [7, 11) is 2.12. The molecular weight excluding hydrogens is 1130 g/mol. The van der Waals surface area contributed by atoms with E-state index in [1.165, 1.54) is 38.5 Å². The van der Waals surface area contributed by atoms with Gasteiger partial charge in [0.15, 0.2) is 34.5 Å². The largest absolute Gasteiger partial charge is 0.501 e. The van der Waals surface area contributed by atoms with Gasteiger partial charge in [0, 0.05) is 60.4 Å². The summed E-state index contributed by atoms with van der Waals surface area (Å²) in [4.78, 5) is 53.4. The maximum absolute atomic E-state index is 13.7. The number of fused-ring (bicyclic) bond motifs is 4. The molecule has 1 unspecified atom stereocenters. The Hall–Kier alpha value is -8.36. The van der Waals surface area contributed by atoms with Crippen LogP contribution >= 0.6 is 0 Å². The predicted molar refractivity (Wildman–Crippen MR) is 314 cm³/mol. The van der Waals surface area contributed by atoms with E-state index in [-0.39, 0.29) is 60.2 Å². The van der Waals surface area contributed by atoms with Gasteiger partial charge in [0.1, 0.15) is 56.5 Å². The monoisotopic (exact) mass is 1200 g/mol. The summed E-state index contributed by atoms with van der Waals surface area (Å²) in [6.45, 7) is 12.9. The summed E-state index contributed by atoms with van der Waals surface area (Å²) in [5, 5.41) is 43.7. The third-order valence-electron chi connectivity index (χ3n) is 15.1. The number of benzene rings is 5. The smallest absolute Gasteiger partial charge is 0.493 e. The van der Waals surface area contributed by atoms with Crippen LogP contribution < -0.4 is 37.4 Å². The number of carbonyl (C=O) groups excluding carboxylic acids is 3. The van der Waals surface area contributed by atoms with Crippen LogP contribution in [0, 0.1) is 0 Å². The van der Waals surface area contributed by atoms with E-state index in [0.29, 0.717) is 89.0 Å². The van der Waals surface area contributed by atoms with Crippen molar-refractivity contribution in [1.82, 2.24) is 15.1 Å². The first kappa shape index (κ1) is 60.8. The zero-order valence-corrected chi connectivity index (χ0v) is 49.2. The van der Waals surface area contributed by atoms with Gasteiger partial charge in [-0.2, -0.15) is 0 Å². The summed E-state index contributed by atoms with van der Waals surface area (Å²) in [5.74, 6) is -0.436. The van der Waals surface area contributed by atoms with Crippen molar-refractivity contribution >= 4 is 51.9 Å². The van der Waals surface area contributed by atoms with Gasteiger partial charge >= 0.3 is 10.4 Å². The molecule has 0 saturated carbocycles. The third-order valence-corrected chi connectivity index (χ3v) is 15.8. The molecule has 5 heterocycles. The number of aliphatic hydroxyl groups excluding tert-OH is 4. The Bertz CT molecular complexity index is 3510. The molecular formula is C62H69N6O17S+. The lowest BCUT2D eigenvalue weighted by Gasteiger charge is -2.39. The lowest BCUT2D eigenvalue weighted by molar-refractivity contribution is -0.916. The molecule has 23 nitrogen and oxygen atoms in total. The van der Waals surface area contributed by atoms with Crippen LogP contribution in [0.2, 0.25) is 0 Å². The minimum Gasteiger partial charge on any atom is -0.493 e. The van der Waals surface area contributed by atoms with Crippen LogP contribution in [0.25, 0.3) is 0 Å². The molecule has 5 aliphatic heterocycles. The highest BCUT2D eigenvalue weighted by molar-refractivity contribution is 7.82. The molecule has 5 aromatic rings. The molecule has 5 aromatic carbocycles. The highest BCUT2D eigenvalue weighted by Crippen LogP contribution is 2.42. The topological polar surface area (TPSA) is 283 Å². The quantitative estimate of drug-likeness (QED) is 0.0439. The van der Waals surface area contributed by atoms with Gasteiger partial charge < -0.3 is 76.8 Å². The van der Waals surface area contributed by atoms with Crippen molar-refractivity contribution in [1.29, 1.82) is 0 Å². The van der Waals surface area contributed by atoms with Gasteiger partial charge in [-0.1, -0.05) is 24.3 Å². The Morgan fingerprint density at radius 1 is 0.686 bits per heavy atom. The van der Waals surface area contributed by atoms with Crippen LogP contribution in [0.5, 0.6) is 40.2 Å². The molecule has 0 aromatic heterocycles. The molecule has 3 amide bonds. The Labute approximate surface area is 497 Å². The molecule has 5 aliphatic rings. The predicted octanol–water partition coefficient (Wildman–Crippen LogP) is 5.63. The van der Waals surface area contributed by atoms with E-state index >= 15 is 0 Å². The van der Waals surface area contributed by atoms with Crippen LogP contribution in [0.3, 0.4) is 0 Å². The Morgan fingerprint density at radius 3 is 1.74 bits per heavy atom. The van der Waals surface area contributed by atoms with E-state index in [1.807, 2.05) is 32.3 Å². The van der Waals surface area contributed by atoms with Crippen LogP contribution in [-0.4, -0.2) is 170 Å². The summed E-state index contributed by atoms with van der Waals surface area (Å²) >= 11 is 0. The SMILES string of the molecule is C=C1C[C@H]2C=Nc3cc(OCc4cc(COc5cc6c(cc5OC)C(=O)N5CC(=C)C[C@H]5C=N6)cc(C[N+](C)(C)Cc5ccc(OS(=O)(=O)Oc6cc(C(=O)NC(C)C)ccc6OC6O[C@H](CO)[C@H](O)[C@H](O)[C@H]6O)cc5)c4)c(OC)cc3C(=O)N2C1.